The summed E-state index contributed by atoms with van der Waals surface area (Å²) in [6, 6.07) is 9.26. The monoisotopic (exact) mass is 342 g/mol. The molecule has 0 atom stereocenters. The molecule has 25 heavy (non-hydrogen) atoms. The molecular weight excluding hydrogens is 323 g/mol. The van der Waals surface area contributed by atoms with E-state index in [9.17, 15) is 14.0 Å². The number of carbonyl (C=O) groups excluding carboxylic acids is 2. The van der Waals surface area contributed by atoms with Gasteiger partial charge in [-0.05, 0) is 37.1 Å². The van der Waals surface area contributed by atoms with E-state index in [1.165, 1.54) is 31.0 Å². The molecule has 1 aliphatic rings. The normalized spacial score (nSPS) is 13.6. The van der Waals surface area contributed by atoms with E-state index in [-0.39, 0.29) is 12.1 Å². The van der Waals surface area contributed by atoms with Gasteiger partial charge in [-0.15, -0.1) is 0 Å². The maximum absolute atomic E-state index is 13.5. The molecule has 2 amide bonds. The second kappa shape index (κ2) is 7.74. The topological polar surface area (TPSA) is 74.3 Å². The van der Waals surface area contributed by atoms with E-state index in [1.807, 2.05) is 6.07 Å². The van der Waals surface area contributed by atoms with Crippen LogP contribution in [0.2, 0.25) is 0 Å². The number of nitrogens with one attached hydrogen (secondary N) is 2. The number of amides is 2. The van der Waals surface area contributed by atoms with Crippen LogP contribution >= 0.6 is 0 Å². The summed E-state index contributed by atoms with van der Waals surface area (Å²) < 4.78 is 13.5. The Balaban J connectivity index is 1.50. The highest BCUT2D eigenvalue weighted by Crippen LogP contribution is 2.18. The van der Waals surface area contributed by atoms with Crippen molar-refractivity contribution in [1.29, 1.82) is 0 Å². The summed E-state index contributed by atoms with van der Waals surface area (Å²) in [5.74, 6) is -0.762. The fourth-order valence-electron chi connectivity index (χ4n) is 2.70. The number of anilines is 2. The molecule has 0 bridgehead atoms. The molecule has 1 aromatic heterocycles. The average molecular weight is 342 g/mol. The van der Waals surface area contributed by atoms with Crippen LogP contribution in [-0.2, 0) is 4.79 Å². The highest BCUT2D eigenvalue weighted by molar-refractivity contribution is 5.99. The molecule has 3 rings (SSSR count). The first kappa shape index (κ1) is 16.9. The van der Waals surface area contributed by atoms with Crippen molar-refractivity contribution in [1.82, 2.24) is 10.3 Å². The van der Waals surface area contributed by atoms with E-state index >= 15 is 0 Å². The van der Waals surface area contributed by atoms with E-state index in [0.717, 1.165) is 18.9 Å². The lowest BCUT2D eigenvalue weighted by molar-refractivity contribution is -0.115. The summed E-state index contributed by atoms with van der Waals surface area (Å²) >= 11 is 0. The Hall–Kier alpha value is -2.96. The van der Waals surface area contributed by atoms with Crippen molar-refractivity contribution in [3.63, 3.8) is 0 Å². The Kier molecular flexibility index (Phi) is 5.23. The minimum atomic E-state index is -0.629. The van der Waals surface area contributed by atoms with Gasteiger partial charge in [0.1, 0.15) is 11.6 Å². The standard InChI is InChI=1S/C18H19FN4O2/c19-15-6-2-1-5-14(15)18(25)21-12-17(24)22-13-7-8-16(20-11-13)23-9-3-4-10-23/h1-2,5-8,11H,3-4,9-10,12H2,(H,21,25)(H,22,24). The highest BCUT2D eigenvalue weighted by atomic mass is 19.1. The fraction of sp³-hybridized carbons (Fsp3) is 0.278. The first-order chi connectivity index (χ1) is 12.1. The molecule has 0 unspecified atom stereocenters. The van der Waals surface area contributed by atoms with Gasteiger partial charge in [-0.2, -0.15) is 0 Å². The number of rotatable bonds is 5. The summed E-state index contributed by atoms with van der Waals surface area (Å²) in [5, 5.41) is 5.05. The summed E-state index contributed by atoms with van der Waals surface area (Å²) in [6.45, 7) is 1.75. The molecule has 7 heteroatoms. The van der Waals surface area contributed by atoms with Gasteiger partial charge in [0.2, 0.25) is 5.91 Å². The van der Waals surface area contributed by atoms with Crippen molar-refractivity contribution in [2.45, 2.75) is 12.8 Å². The van der Waals surface area contributed by atoms with Crippen LogP contribution in [0.3, 0.4) is 0 Å². The largest absolute Gasteiger partial charge is 0.357 e. The van der Waals surface area contributed by atoms with Gasteiger partial charge in [-0.25, -0.2) is 9.37 Å². The van der Waals surface area contributed by atoms with Crippen LogP contribution in [0.4, 0.5) is 15.9 Å². The first-order valence-corrected chi connectivity index (χ1v) is 8.17. The van der Waals surface area contributed by atoms with Crippen molar-refractivity contribution in [2.75, 3.05) is 29.9 Å². The van der Waals surface area contributed by atoms with Gasteiger partial charge in [0, 0.05) is 13.1 Å². The summed E-state index contributed by atoms with van der Waals surface area (Å²) in [4.78, 5) is 30.3. The third-order valence-electron chi connectivity index (χ3n) is 3.99. The molecule has 0 spiro atoms. The number of hydrogen-bond donors (Lipinski definition) is 2. The highest BCUT2D eigenvalue weighted by Gasteiger charge is 2.14. The van der Waals surface area contributed by atoms with Gasteiger partial charge in [0.15, 0.2) is 0 Å². The lowest BCUT2D eigenvalue weighted by Crippen LogP contribution is -2.33. The van der Waals surface area contributed by atoms with Crippen molar-refractivity contribution < 1.29 is 14.0 Å². The van der Waals surface area contributed by atoms with Gasteiger partial charge in [-0.1, -0.05) is 12.1 Å². The second-order valence-corrected chi connectivity index (χ2v) is 5.81. The Morgan fingerprint density at radius 2 is 1.88 bits per heavy atom. The molecule has 130 valence electrons. The number of nitrogens with zero attached hydrogens (tertiary/aromatic N) is 2. The van der Waals surface area contributed by atoms with Crippen LogP contribution in [0.1, 0.15) is 23.2 Å². The number of carbonyl (C=O) groups is 2. The molecule has 2 heterocycles. The van der Waals surface area contributed by atoms with Crippen LogP contribution in [0, 0.1) is 5.82 Å². The van der Waals surface area contributed by atoms with Crippen LogP contribution in [0.25, 0.3) is 0 Å². The fourth-order valence-corrected chi connectivity index (χ4v) is 2.70. The second-order valence-electron chi connectivity index (χ2n) is 5.81. The predicted molar refractivity (Wildman–Crippen MR) is 93.0 cm³/mol. The van der Waals surface area contributed by atoms with E-state index in [1.54, 1.807) is 18.3 Å². The van der Waals surface area contributed by atoms with Crippen molar-refractivity contribution in [2.24, 2.45) is 0 Å². The zero-order valence-electron chi connectivity index (χ0n) is 13.7. The molecule has 0 radical (unpaired) electrons. The van der Waals surface area contributed by atoms with Crippen LogP contribution in [-0.4, -0.2) is 36.4 Å². The molecule has 1 fully saturated rings. The molecule has 2 aromatic rings. The molecule has 6 nitrogen and oxygen atoms in total. The van der Waals surface area contributed by atoms with Crippen molar-refractivity contribution in [3.8, 4) is 0 Å². The minimum Gasteiger partial charge on any atom is -0.357 e. The predicted octanol–water partition coefficient (Wildman–Crippen LogP) is 2.19. The summed E-state index contributed by atoms with van der Waals surface area (Å²) in [7, 11) is 0. The van der Waals surface area contributed by atoms with E-state index in [2.05, 4.69) is 20.5 Å². The number of halogens is 1. The lowest BCUT2D eigenvalue weighted by Gasteiger charge is -2.16. The average Bonchev–Trinajstić information content (AvgIpc) is 3.15. The zero-order chi connectivity index (χ0) is 17.6. The summed E-state index contributed by atoms with van der Waals surface area (Å²) in [6.07, 6.45) is 3.92. The number of benzene rings is 1. The van der Waals surface area contributed by atoms with Gasteiger partial charge >= 0.3 is 0 Å². The van der Waals surface area contributed by atoms with Crippen LogP contribution in [0.15, 0.2) is 42.6 Å². The number of hydrogen-bond acceptors (Lipinski definition) is 4. The van der Waals surface area contributed by atoms with E-state index in [4.69, 9.17) is 0 Å². The number of pyridine rings is 1. The number of aromatic nitrogens is 1. The Labute approximate surface area is 145 Å². The SMILES string of the molecule is O=C(CNC(=O)c1ccccc1F)Nc1ccc(N2CCCC2)nc1. The quantitative estimate of drug-likeness (QED) is 0.873. The van der Waals surface area contributed by atoms with Gasteiger partial charge in [0.05, 0.1) is 24.0 Å². The minimum absolute atomic E-state index is 0.0908. The Morgan fingerprint density at radius 3 is 2.56 bits per heavy atom. The van der Waals surface area contributed by atoms with Gasteiger partial charge < -0.3 is 15.5 Å². The van der Waals surface area contributed by atoms with Gasteiger partial charge in [-0.3, -0.25) is 9.59 Å². The van der Waals surface area contributed by atoms with Crippen LogP contribution < -0.4 is 15.5 Å². The Morgan fingerprint density at radius 1 is 1.12 bits per heavy atom. The Bertz CT molecular complexity index is 758. The van der Waals surface area contributed by atoms with Crippen molar-refractivity contribution >= 4 is 23.3 Å². The molecule has 2 N–H and O–H groups in total. The van der Waals surface area contributed by atoms with E-state index in [0.29, 0.717) is 5.69 Å². The maximum Gasteiger partial charge on any atom is 0.254 e. The zero-order valence-corrected chi connectivity index (χ0v) is 13.7. The summed E-state index contributed by atoms with van der Waals surface area (Å²) in [5.41, 5.74) is 0.458. The van der Waals surface area contributed by atoms with Crippen molar-refractivity contribution in [3.05, 3.63) is 54.0 Å². The van der Waals surface area contributed by atoms with Gasteiger partial charge in [0.25, 0.3) is 5.91 Å². The van der Waals surface area contributed by atoms with Crippen LogP contribution in [0.5, 0.6) is 0 Å². The molecule has 1 saturated heterocycles. The molecule has 1 aliphatic heterocycles. The third kappa shape index (κ3) is 4.32. The smallest absolute Gasteiger partial charge is 0.254 e. The molecular formula is C18H19FN4O2. The molecule has 0 aliphatic carbocycles. The van der Waals surface area contributed by atoms with E-state index < -0.39 is 17.6 Å². The first-order valence-electron chi connectivity index (χ1n) is 8.17. The molecule has 1 aromatic carbocycles. The maximum atomic E-state index is 13.5. The third-order valence-corrected chi connectivity index (χ3v) is 3.99. The lowest BCUT2D eigenvalue weighted by atomic mass is 10.2. The molecule has 0 saturated carbocycles.